The highest BCUT2D eigenvalue weighted by Crippen LogP contribution is 2.08. The lowest BCUT2D eigenvalue weighted by atomic mass is 10.2. The molecule has 0 aromatic carbocycles. The van der Waals surface area contributed by atoms with Gasteiger partial charge < -0.3 is 4.84 Å². The van der Waals surface area contributed by atoms with Crippen molar-refractivity contribution in [1.82, 2.24) is 5.48 Å². The van der Waals surface area contributed by atoms with Crippen molar-refractivity contribution in [3.05, 3.63) is 0 Å². The zero-order chi connectivity index (χ0) is 8.10. The molecule has 4 heteroatoms. The molecule has 0 radical (unpaired) electrons. The largest absolute Gasteiger partial charge is 0.302 e. The molecule has 0 aromatic rings. The van der Waals surface area contributed by atoms with Crippen molar-refractivity contribution in [2.75, 3.05) is 18.1 Å². The molecule has 66 valence electrons. The molecule has 0 bridgehead atoms. The van der Waals surface area contributed by atoms with Gasteiger partial charge in [0.25, 0.3) is 0 Å². The van der Waals surface area contributed by atoms with Crippen molar-refractivity contribution in [3.8, 4) is 0 Å². The first-order chi connectivity index (χ1) is 5.33. The molecule has 1 aliphatic heterocycles. The minimum absolute atomic E-state index is 0.424. The third-order valence-electron chi connectivity index (χ3n) is 1.78. The second-order valence-electron chi connectivity index (χ2n) is 2.67. The smallest absolute Gasteiger partial charge is 0.0654 e. The van der Waals surface area contributed by atoms with Crippen molar-refractivity contribution < 1.29 is 9.05 Å². The molecule has 3 nitrogen and oxygen atoms in total. The fourth-order valence-electron chi connectivity index (χ4n) is 1.11. The Morgan fingerprint density at radius 3 is 2.73 bits per heavy atom. The summed E-state index contributed by atoms with van der Waals surface area (Å²) in [7, 11) is -0.562. The summed E-state index contributed by atoms with van der Waals surface area (Å²) >= 11 is 0. The molecule has 1 rings (SSSR count). The van der Waals surface area contributed by atoms with Crippen molar-refractivity contribution in [3.63, 3.8) is 0 Å². The number of hydrogen-bond donors (Lipinski definition) is 1. The Labute approximate surface area is 69.9 Å². The summed E-state index contributed by atoms with van der Waals surface area (Å²) in [6.07, 6.45) is 1.96. The molecule has 11 heavy (non-hydrogen) atoms. The summed E-state index contributed by atoms with van der Waals surface area (Å²) in [6.45, 7) is 2.65. The molecular weight excluding hydrogens is 162 g/mol. The highest BCUT2D eigenvalue weighted by atomic mass is 32.2. The number of hydroxylamine groups is 1. The van der Waals surface area contributed by atoms with Crippen LogP contribution in [0.25, 0.3) is 0 Å². The minimum Gasteiger partial charge on any atom is -0.302 e. The number of hydrogen-bond acceptors (Lipinski definition) is 3. The molecular formula is C7H15NO2S. The molecule has 0 spiro atoms. The molecule has 0 aliphatic carbocycles. The van der Waals surface area contributed by atoms with Crippen LogP contribution in [-0.2, 0) is 15.6 Å². The summed E-state index contributed by atoms with van der Waals surface area (Å²) in [4.78, 5) is 5.06. The van der Waals surface area contributed by atoms with E-state index < -0.39 is 10.8 Å². The van der Waals surface area contributed by atoms with Gasteiger partial charge in [0.1, 0.15) is 0 Å². The lowest BCUT2D eigenvalue weighted by Gasteiger charge is -2.21. The van der Waals surface area contributed by atoms with Gasteiger partial charge in [0.2, 0.25) is 0 Å². The Bertz CT molecular complexity index is 130. The Kier molecular flexibility index (Phi) is 4.04. The first-order valence-corrected chi connectivity index (χ1v) is 5.54. The van der Waals surface area contributed by atoms with Gasteiger partial charge in [-0.15, -0.1) is 0 Å². The Morgan fingerprint density at radius 1 is 1.55 bits per heavy atom. The van der Waals surface area contributed by atoms with Crippen molar-refractivity contribution >= 4 is 10.8 Å². The van der Waals surface area contributed by atoms with E-state index in [0.717, 1.165) is 24.3 Å². The second kappa shape index (κ2) is 4.85. The Balaban J connectivity index is 2.12. The maximum absolute atomic E-state index is 10.9. The van der Waals surface area contributed by atoms with Crippen molar-refractivity contribution in [2.45, 2.75) is 25.8 Å². The fraction of sp³-hybridized carbons (Fsp3) is 1.00. The fourth-order valence-corrected chi connectivity index (χ4v) is 2.41. The molecule has 1 fully saturated rings. The molecule has 0 saturated carbocycles. The molecule has 1 aliphatic rings. The van der Waals surface area contributed by atoms with E-state index in [2.05, 4.69) is 5.48 Å². The summed E-state index contributed by atoms with van der Waals surface area (Å²) in [6, 6.07) is 0.424. The predicted molar refractivity (Wildman–Crippen MR) is 45.7 cm³/mol. The van der Waals surface area contributed by atoms with Crippen LogP contribution in [0.15, 0.2) is 0 Å². The van der Waals surface area contributed by atoms with Gasteiger partial charge in [0.05, 0.1) is 6.61 Å². The lowest BCUT2D eigenvalue weighted by Crippen LogP contribution is -2.35. The Morgan fingerprint density at radius 2 is 2.18 bits per heavy atom. The van der Waals surface area contributed by atoms with Crippen LogP contribution >= 0.6 is 0 Å². The normalized spacial score (nSPS) is 32.1. The van der Waals surface area contributed by atoms with Gasteiger partial charge >= 0.3 is 0 Å². The monoisotopic (exact) mass is 177 g/mol. The molecule has 1 heterocycles. The van der Waals surface area contributed by atoms with Crippen LogP contribution in [0, 0.1) is 0 Å². The van der Waals surface area contributed by atoms with Gasteiger partial charge in [0.15, 0.2) is 0 Å². The predicted octanol–water partition coefficient (Wildman–Crippen LogP) is 0.439. The maximum atomic E-state index is 10.9. The SMILES string of the molecule is CCONC1CCS(=O)CC1. The van der Waals surface area contributed by atoms with Gasteiger partial charge in [-0.05, 0) is 19.8 Å². The highest BCUT2D eigenvalue weighted by molar-refractivity contribution is 7.85. The van der Waals surface area contributed by atoms with E-state index in [1.165, 1.54) is 0 Å². The third kappa shape index (κ3) is 3.31. The van der Waals surface area contributed by atoms with Crippen LogP contribution in [0.5, 0.6) is 0 Å². The van der Waals surface area contributed by atoms with Crippen LogP contribution in [0.4, 0.5) is 0 Å². The highest BCUT2D eigenvalue weighted by Gasteiger charge is 2.16. The van der Waals surface area contributed by atoms with Crippen molar-refractivity contribution in [1.29, 1.82) is 0 Å². The van der Waals surface area contributed by atoms with E-state index in [4.69, 9.17) is 4.84 Å². The topological polar surface area (TPSA) is 38.3 Å². The number of rotatable bonds is 3. The first-order valence-electron chi connectivity index (χ1n) is 4.05. The standard InChI is InChI=1S/C7H15NO2S/c1-2-10-8-7-3-5-11(9)6-4-7/h7-8H,2-6H2,1H3. The molecule has 0 aromatic heterocycles. The third-order valence-corrected chi connectivity index (χ3v) is 3.16. The van der Waals surface area contributed by atoms with E-state index in [-0.39, 0.29) is 0 Å². The zero-order valence-electron chi connectivity index (χ0n) is 6.84. The Hall–Kier alpha value is 0.0700. The van der Waals surface area contributed by atoms with Crippen LogP contribution in [0.1, 0.15) is 19.8 Å². The van der Waals surface area contributed by atoms with Gasteiger partial charge in [0, 0.05) is 28.3 Å². The van der Waals surface area contributed by atoms with Crippen molar-refractivity contribution in [2.24, 2.45) is 0 Å². The van der Waals surface area contributed by atoms with Crippen LogP contribution in [0.2, 0.25) is 0 Å². The van der Waals surface area contributed by atoms with E-state index in [0.29, 0.717) is 12.6 Å². The van der Waals surface area contributed by atoms with Crippen LogP contribution < -0.4 is 5.48 Å². The van der Waals surface area contributed by atoms with Gasteiger partial charge in [-0.2, -0.15) is 5.48 Å². The first kappa shape index (κ1) is 9.16. The molecule has 1 saturated heterocycles. The number of nitrogens with one attached hydrogen (secondary N) is 1. The van der Waals surface area contributed by atoms with Gasteiger partial charge in [-0.3, -0.25) is 4.21 Å². The molecule has 0 atom stereocenters. The summed E-state index contributed by atoms with van der Waals surface area (Å²) < 4.78 is 10.9. The molecule has 1 N–H and O–H groups in total. The quantitative estimate of drug-likeness (QED) is 0.636. The summed E-state index contributed by atoms with van der Waals surface area (Å²) in [5.41, 5.74) is 2.96. The lowest BCUT2D eigenvalue weighted by molar-refractivity contribution is 0.0224. The van der Waals surface area contributed by atoms with Gasteiger partial charge in [-0.25, -0.2) is 0 Å². The van der Waals surface area contributed by atoms with E-state index in [9.17, 15) is 4.21 Å². The van der Waals surface area contributed by atoms with E-state index >= 15 is 0 Å². The molecule has 0 unspecified atom stereocenters. The van der Waals surface area contributed by atoms with Crippen LogP contribution in [-0.4, -0.2) is 28.4 Å². The van der Waals surface area contributed by atoms with Gasteiger partial charge in [-0.1, -0.05) is 0 Å². The zero-order valence-corrected chi connectivity index (χ0v) is 7.65. The van der Waals surface area contributed by atoms with Crippen LogP contribution in [0.3, 0.4) is 0 Å². The average Bonchev–Trinajstić information content (AvgIpc) is 2.04. The summed E-state index contributed by atoms with van der Waals surface area (Å²) in [5, 5.41) is 0. The van der Waals surface area contributed by atoms with E-state index in [1.807, 2.05) is 6.92 Å². The average molecular weight is 177 g/mol. The van der Waals surface area contributed by atoms with E-state index in [1.54, 1.807) is 0 Å². The minimum atomic E-state index is -0.562. The molecule has 0 amide bonds. The second-order valence-corrected chi connectivity index (χ2v) is 4.37. The summed E-state index contributed by atoms with van der Waals surface area (Å²) in [5.74, 6) is 1.65. The maximum Gasteiger partial charge on any atom is 0.0654 e.